The quantitative estimate of drug-likeness (QED) is 0.800. The molecule has 1 unspecified atom stereocenters. The highest BCUT2D eigenvalue weighted by Crippen LogP contribution is 2.26. The third-order valence-corrected chi connectivity index (χ3v) is 4.13. The van der Waals surface area contributed by atoms with Gasteiger partial charge in [0.25, 0.3) is 0 Å². The molecule has 17 heavy (non-hydrogen) atoms. The fourth-order valence-electron chi connectivity index (χ4n) is 2.65. The van der Waals surface area contributed by atoms with Crippen molar-refractivity contribution in [3.63, 3.8) is 0 Å². The van der Waals surface area contributed by atoms with Crippen LogP contribution in [-0.2, 0) is 4.79 Å². The molecule has 1 aliphatic rings. The molecule has 1 N–H and O–H groups in total. The maximum Gasteiger partial charge on any atom is 0.239 e. The second-order valence-corrected chi connectivity index (χ2v) is 5.37. The molecule has 1 saturated carbocycles. The van der Waals surface area contributed by atoms with Crippen LogP contribution in [0.2, 0.25) is 0 Å². The lowest BCUT2D eigenvalue weighted by atomic mass is 9.84. The number of carbonyl (C=O) groups excluding carboxylic acids is 1. The third kappa shape index (κ3) is 4.30. The van der Waals surface area contributed by atoms with Gasteiger partial charge in [0.05, 0.1) is 6.04 Å². The van der Waals surface area contributed by atoms with Gasteiger partial charge in [0, 0.05) is 19.6 Å². The molecule has 0 aromatic carbocycles. The number of amides is 1. The molecule has 3 nitrogen and oxygen atoms in total. The predicted molar refractivity (Wildman–Crippen MR) is 71.9 cm³/mol. The number of likely N-dealkylation sites (N-methyl/N-ethyl adjacent to an activating group) is 1. The van der Waals surface area contributed by atoms with Crippen molar-refractivity contribution in [3.8, 4) is 0 Å². The van der Waals surface area contributed by atoms with E-state index in [1.807, 2.05) is 20.9 Å². The van der Waals surface area contributed by atoms with Crippen LogP contribution in [0.15, 0.2) is 0 Å². The lowest BCUT2D eigenvalue weighted by Crippen LogP contribution is -2.48. The van der Waals surface area contributed by atoms with Gasteiger partial charge >= 0.3 is 0 Å². The van der Waals surface area contributed by atoms with E-state index in [1.54, 1.807) is 4.90 Å². The van der Waals surface area contributed by atoms with Gasteiger partial charge < -0.3 is 10.2 Å². The Bertz CT molecular complexity index is 234. The van der Waals surface area contributed by atoms with Crippen molar-refractivity contribution in [2.75, 3.05) is 13.6 Å². The molecule has 0 aliphatic heterocycles. The van der Waals surface area contributed by atoms with Crippen LogP contribution in [0.1, 0.15) is 52.9 Å². The molecule has 1 atom stereocenters. The molecule has 0 bridgehead atoms. The molecule has 1 fully saturated rings. The van der Waals surface area contributed by atoms with E-state index >= 15 is 0 Å². The molecule has 100 valence electrons. The van der Waals surface area contributed by atoms with E-state index < -0.39 is 0 Å². The van der Waals surface area contributed by atoms with Gasteiger partial charge in [-0.2, -0.15) is 0 Å². The van der Waals surface area contributed by atoms with Crippen LogP contribution in [-0.4, -0.2) is 36.5 Å². The van der Waals surface area contributed by atoms with Gasteiger partial charge in [0.15, 0.2) is 0 Å². The minimum Gasteiger partial charge on any atom is -0.345 e. The van der Waals surface area contributed by atoms with Crippen LogP contribution in [0.25, 0.3) is 0 Å². The van der Waals surface area contributed by atoms with Crippen molar-refractivity contribution < 1.29 is 4.79 Å². The van der Waals surface area contributed by atoms with Gasteiger partial charge in [0.2, 0.25) is 5.91 Å². The topological polar surface area (TPSA) is 32.3 Å². The Balaban J connectivity index is 2.32. The molecule has 1 amide bonds. The summed E-state index contributed by atoms with van der Waals surface area (Å²) in [5.41, 5.74) is 0. The monoisotopic (exact) mass is 240 g/mol. The van der Waals surface area contributed by atoms with Crippen molar-refractivity contribution in [2.24, 2.45) is 5.92 Å². The van der Waals surface area contributed by atoms with Crippen LogP contribution in [0.3, 0.4) is 0 Å². The second kappa shape index (κ2) is 7.00. The molecule has 0 heterocycles. The smallest absolute Gasteiger partial charge is 0.239 e. The Labute approximate surface area is 106 Å². The van der Waals surface area contributed by atoms with Gasteiger partial charge in [-0.05, 0) is 45.4 Å². The summed E-state index contributed by atoms with van der Waals surface area (Å²) in [4.78, 5) is 13.7. The van der Waals surface area contributed by atoms with E-state index in [2.05, 4.69) is 12.2 Å². The lowest BCUT2D eigenvalue weighted by molar-refractivity contribution is -0.131. The van der Waals surface area contributed by atoms with Crippen molar-refractivity contribution in [1.29, 1.82) is 0 Å². The zero-order chi connectivity index (χ0) is 12.8. The molecule has 0 saturated heterocycles. The predicted octanol–water partition coefficient (Wildman–Crippen LogP) is 2.41. The van der Waals surface area contributed by atoms with Crippen LogP contribution in [0.5, 0.6) is 0 Å². The summed E-state index contributed by atoms with van der Waals surface area (Å²) in [5, 5.41) is 3.49. The molecule has 0 aromatic rings. The summed E-state index contributed by atoms with van der Waals surface area (Å²) in [6.45, 7) is 7.06. The molecular formula is C14H28N2O. The lowest BCUT2D eigenvalue weighted by Gasteiger charge is -2.31. The van der Waals surface area contributed by atoms with Gasteiger partial charge in [-0.25, -0.2) is 0 Å². The van der Waals surface area contributed by atoms with Crippen LogP contribution in [0.4, 0.5) is 0 Å². The Morgan fingerprint density at radius 3 is 2.35 bits per heavy atom. The number of hydrogen-bond acceptors (Lipinski definition) is 2. The average Bonchev–Trinajstić information content (AvgIpc) is 2.37. The highest BCUT2D eigenvalue weighted by Gasteiger charge is 2.24. The van der Waals surface area contributed by atoms with Crippen molar-refractivity contribution in [2.45, 2.75) is 65.0 Å². The Hall–Kier alpha value is -0.570. The summed E-state index contributed by atoms with van der Waals surface area (Å²) >= 11 is 0. The molecule has 3 heteroatoms. The first-order valence-electron chi connectivity index (χ1n) is 7.09. The van der Waals surface area contributed by atoms with Gasteiger partial charge in [-0.3, -0.25) is 4.79 Å². The van der Waals surface area contributed by atoms with E-state index in [1.165, 1.54) is 32.1 Å². The largest absolute Gasteiger partial charge is 0.345 e. The summed E-state index contributed by atoms with van der Waals surface area (Å²) in [5.74, 6) is 1.13. The van der Waals surface area contributed by atoms with E-state index in [-0.39, 0.29) is 11.9 Å². The number of nitrogens with one attached hydrogen (secondary N) is 1. The fourth-order valence-corrected chi connectivity index (χ4v) is 2.65. The van der Waals surface area contributed by atoms with Gasteiger partial charge in [0.1, 0.15) is 0 Å². The zero-order valence-corrected chi connectivity index (χ0v) is 11.8. The molecule has 0 spiro atoms. The van der Waals surface area contributed by atoms with Gasteiger partial charge in [-0.15, -0.1) is 0 Å². The molecule has 0 radical (unpaired) electrons. The second-order valence-electron chi connectivity index (χ2n) is 5.37. The van der Waals surface area contributed by atoms with Crippen molar-refractivity contribution in [3.05, 3.63) is 0 Å². The Morgan fingerprint density at radius 2 is 1.88 bits per heavy atom. The number of nitrogens with zero attached hydrogens (tertiary/aromatic N) is 1. The van der Waals surface area contributed by atoms with Crippen molar-refractivity contribution >= 4 is 5.91 Å². The molecular weight excluding hydrogens is 212 g/mol. The summed E-state index contributed by atoms with van der Waals surface area (Å²) in [6.07, 6.45) is 6.40. The van der Waals surface area contributed by atoms with E-state index in [9.17, 15) is 4.79 Å². The first-order valence-corrected chi connectivity index (χ1v) is 7.09. The normalized spacial score (nSPS) is 26.6. The Kier molecular flexibility index (Phi) is 5.96. The first kappa shape index (κ1) is 14.5. The average molecular weight is 240 g/mol. The molecule has 1 aliphatic carbocycles. The van der Waals surface area contributed by atoms with Crippen LogP contribution < -0.4 is 5.32 Å². The molecule has 0 aromatic heterocycles. The zero-order valence-electron chi connectivity index (χ0n) is 11.8. The Morgan fingerprint density at radius 1 is 1.29 bits per heavy atom. The van der Waals surface area contributed by atoms with Crippen LogP contribution in [0, 0.1) is 5.92 Å². The number of rotatable bonds is 5. The highest BCUT2D eigenvalue weighted by atomic mass is 16.2. The SMILES string of the molecule is CCC1CCC(NC(C)C(=O)N(C)CC)CC1. The number of hydrogen-bond donors (Lipinski definition) is 1. The highest BCUT2D eigenvalue weighted by molar-refractivity contribution is 5.81. The maximum atomic E-state index is 11.9. The molecule has 1 rings (SSSR count). The fraction of sp³-hybridized carbons (Fsp3) is 0.929. The minimum absolute atomic E-state index is 0.0388. The summed E-state index contributed by atoms with van der Waals surface area (Å²) in [6, 6.07) is 0.505. The van der Waals surface area contributed by atoms with Crippen molar-refractivity contribution in [1.82, 2.24) is 10.2 Å². The third-order valence-electron chi connectivity index (χ3n) is 4.13. The van der Waals surface area contributed by atoms with E-state index in [0.717, 1.165) is 12.5 Å². The minimum atomic E-state index is -0.0388. The van der Waals surface area contributed by atoms with E-state index in [0.29, 0.717) is 6.04 Å². The summed E-state index contributed by atoms with van der Waals surface area (Å²) in [7, 11) is 1.87. The first-order chi connectivity index (χ1) is 8.08. The van der Waals surface area contributed by atoms with Gasteiger partial charge in [-0.1, -0.05) is 13.3 Å². The summed E-state index contributed by atoms with van der Waals surface area (Å²) < 4.78 is 0. The number of carbonyl (C=O) groups is 1. The van der Waals surface area contributed by atoms with E-state index in [4.69, 9.17) is 0 Å². The van der Waals surface area contributed by atoms with Crippen LogP contribution >= 0.6 is 0 Å². The maximum absolute atomic E-state index is 11.9. The standard InChI is InChI=1S/C14H28N2O/c1-5-12-7-9-13(10-8-12)15-11(3)14(17)16(4)6-2/h11-13,15H,5-10H2,1-4H3.